The average Bonchev–Trinajstić information content (AvgIpc) is 3.13. The number of hydrogen-bond acceptors (Lipinski definition) is 4. The summed E-state index contributed by atoms with van der Waals surface area (Å²) in [6, 6.07) is 0. The fraction of sp³-hybridized carbons (Fsp3) is 0.913. The van der Waals surface area contributed by atoms with Gasteiger partial charge in [-0.25, -0.2) is 0 Å². The molecule has 4 nitrogen and oxygen atoms in total. The van der Waals surface area contributed by atoms with E-state index in [4.69, 9.17) is 11.5 Å². The van der Waals surface area contributed by atoms with E-state index in [1.807, 2.05) is 0 Å². The van der Waals surface area contributed by atoms with Crippen LogP contribution in [0.4, 0.5) is 0 Å². The maximum atomic E-state index is 5.91. The van der Waals surface area contributed by atoms with Crippen molar-refractivity contribution >= 4 is 0 Å². The Hall–Kier alpha value is -0.680. The van der Waals surface area contributed by atoms with E-state index in [-0.39, 0.29) is 0 Å². The quantitative estimate of drug-likeness (QED) is 0.0490. The molecule has 0 amide bonds. The van der Waals surface area contributed by atoms with Gasteiger partial charge in [0, 0.05) is 13.1 Å². The van der Waals surface area contributed by atoms with Gasteiger partial charge >= 0.3 is 0 Å². The van der Waals surface area contributed by atoms with Crippen molar-refractivity contribution in [3.63, 3.8) is 0 Å². The first-order chi connectivity index (χ1) is 24.8. The highest BCUT2D eigenvalue weighted by atomic mass is 15.2. The molecule has 0 aromatic heterocycles. The smallest absolute Gasteiger partial charge is 0.0109 e. The van der Waals surface area contributed by atoms with E-state index in [1.54, 1.807) is 0 Å². The first-order valence-corrected chi connectivity index (χ1v) is 22.9. The summed E-state index contributed by atoms with van der Waals surface area (Å²) in [5, 5.41) is 0. The van der Waals surface area contributed by atoms with Crippen molar-refractivity contribution in [2.24, 2.45) is 11.5 Å². The number of nitrogens with zero attached hydrogens (tertiary/aromatic N) is 2. The Morgan fingerprint density at radius 3 is 0.800 bits per heavy atom. The molecule has 4 N–H and O–H groups in total. The summed E-state index contributed by atoms with van der Waals surface area (Å²) in [5.41, 5.74) is 11.8. The third kappa shape index (κ3) is 40.1. The van der Waals surface area contributed by atoms with Crippen molar-refractivity contribution in [2.45, 2.75) is 219 Å². The maximum Gasteiger partial charge on any atom is 0.0109 e. The molecule has 50 heavy (non-hydrogen) atoms. The normalized spacial score (nSPS) is 12.2. The minimum atomic E-state index is 0.802. The van der Waals surface area contributed by atoms with Crippen molar-refractivity contribution in [3.05, 3.63) is 24.3 Å². The molecule has 0 heterocycles. The van der Waals surface area contributed by atoms with E-state index in [0.29, 0.717) is 0 Å². The van der Waals surface area contributed by atoms with Crippen molar-refractivity contribution in [1.82, 2.24) is 9.80 Å². The Balaban J connectivity index is 3.91. The molecule has 0 aliphatic rings. The number of rotatable bonds is 43. The highest BCUT2D eigenvalue weighted by molar-refractivity contribution is 4.82. The summed E-state index contributed by atoms with van der Waals surface area (Å²) in [6.45, 7) is 13.3. The second-order valence-corrected chi connectivity index (χ2v) is 15.6. The van der Waals surface area contributed by atoms with Crippen LogP contribution in [0.5, 0.6) is 0 Å². The van der Waals surface area contributed by atoms with E-state index >= 15 is 0 Å². The second-order valence-electron chi connectivity index (χ2n) is 15.6. The zero-order chi connectivity index (χ0) is 36.3. The molecule has 0 aromatic carbocycles. The first-order valence-electron chi connectivity index (χ1n) is 22.9. The lowest BCUT2D eigenvalue weighted by molar-refractivity contribution is 0.196. The fourth-order valence-electron chi connectivity index (χ4n) is 7.10. The van der Waals surface area contributed by atoms with Gasteiger partial charge in [0.25, 0.3) is 0 Å². The molecule has 0 saturated carbocycles. The zero-order valence-electron chi connectivity index (χ0n) is 34.6. The van der Waals surface area contributed by atoms with Crippen molar-refractivity contribution in [2.75, 3.05) is 52.4 Å². The topological polar surface area (TPSA) is 58.5 Å². The molecule has 0 radical (unpaired) electrons. The summed E-state index contributed by atoms with van der Waals surface area (Å²) in [4.78, 5) is 5.39. The summed E-state index contributed by atoms with van der Waals surface area (Å²) >= 11 is 0. The Morgan fingerprint density at radius 2 is 0.520 bits per heavy atom. The van der Waals surface area contributed by atoms with E-state index in [1.165, 1.54) is 219 Å². The summed E-state index contributed by atoms with van der Waals surface area (Å²) in [7, 11) is 0. The predicted molar refractivity (Wildman–Crippen MR) is 228 cm³/mol. The van der Waals surface area contributed by atoms with Crippen LogP contribution < -0.4 is 11.5 Å². The van der Waals surface area contributed by atoms with Gasteiger partial charge in [0.15, 0.2) is 0 Å². The van der Waals surface area contributed by atoms with Crippen molar-refractivity contribution < 1.29 is 0 Å². The zero-order valence-corrected chi connectivity index (χ0v) is 34.6. The molecule has 4 heteroatoms. The molecule has 0 aromatic rings. The molecule has 0 atom stereocenters. The molecule has 0 aliphatic heterocycles. The van der Waals surface area contributed by atoms with Crippen LogP contribution in [0.2, 0.25) is 0 Å². The molecule has 0 unspecified atom stereocenters. The molecular formula is C46H94N4. The lowest BCUT2D eigenvalue weighted by atomic mass is 10.1. The number of allylic oxidation sites excluding steroid dienone is 4. The van der Waals surface area contributed by atoms with E-state index in [2.05, 4.69) is 48.0 Å². The van der Waals surface area contributed by atoms with E-state index < -0.39 is 0 Å². The van der Waals surface area contributed by atoms with Gasteiger partial charge in [0.2, 0.25) is 0 Å². The fourth-order valence-corrected chi connectivity index (χ4v) is 7.10. The van der Waals surface area contributed by atoms with Gasteiger partial charge in [0.05, 0.1) is 0 Å². The number of nitrogens with two attached hydrogens (primary N) is 2. The van der Waals surface area contributed by atoms with Crippen LogP contribution in [0.15, 0.2) is 24.3 Å². The van der Waals surface area contributed by atoms with Gasteiger partial charge in [-0.3, -0.25) is 0 Å². The lowest BCUT2D eigenvalue weighted by Crippen LogP contribution is -2.38. The second kappa shape index (κ2) is 44.5. The molecule has 0 spiro atoms. The molecule has 0 fully saturated rings. The Labute approximate surface area is 316 Å². The molecule has 298 valence electrons. The number of unbranched alkanes of at least 4 members (excludes halogenated alkanes) is 26. The van der Waals surface area contributed by atoms with Gasteiger partial charge in [-0.2, -0.15) is 0 Å². The minimum absolute atomic E-state index is 0.802. The van der Waals surface area contributed by atoms with Gasteiger partial charge in [-0.05, 0) is 116 Å². The summed E-state index contributed by atoms with van der Waals surface area (Å²) in [5.74, 6) is 0. The van der Waals surface area contributed by atoms with E-state index in [9.17, 15) is 0 Å². The standard InChI is InChI=1S/C46H94N4/c1-3-5-7-9-11-13-15-17-19-21-23-25-27-29-31-33-35-41-49(43-37-39-47)45-46-50(44-38-40-48)42-36-34-32-30-28-26-24-22-20-18-16-14-12-10-8-6-4-2/h19-22H,3-18,23-48H2,1-2H3/b21-19+,22-20+. The Kier molecular flexibility index (Phi) is 43.9. The largest absolute Gasteiger partial charge is 0.330 e. The van der Waals surface area contributed by atoms with Crippen LogP contribution in [0.1, 0.15) is 219 Å². The Bertz CT molecular complexity index is 607. The third-order valence-electron chi connectivity index (χ3n) is 10.6. The van der Waals surface area contributed by atoms with Crippen LogP contribution in [-0.4, -0.2) is 62.2 Å². The van der Waals surface area contributed by atoms with Crippen molar-refractivity contribution in [1.29, 1.82) is 0 Å². The van der Waals surface area contributed by atoms with Crippen LogP contribution >= 0.6 is 0 Å². The average molecular weight is 703 g/mol. The minimum Gasteiger partial charge on any atom is -0.330 e. The van der Waals surface area contributed by atoms with Crippen LogP contribution in [0.25, 0.3) is 0 Å². The molecular weight excluding hydrogens is 609 g/mol. The highest BCUT2D eigenvalue weighted by Crippen LogP contribution is 2.13. The van der Waals surface area contributed by atoms with Gasteiger partial charge in [-0.1, -0.05) is 167 Å². The third-order valence-corrected chi connectivity index (χ3v) is 10.6. The molecule has 0 rings (SSSR count). The van der Waals surface area contributed by atoms with Crippen LogP contribution in [0, 0.1) is 0 Å². The van der Waals surface area contributed by atoms with Gasteiger partial charge < -0.3 is 21.3 Å². The first kappa shape index (κ1) is 49.3. The predicted octanol–water partition coefficient (Wildman–Crippen LogP) is 13.1. The van der Waals surface area contributed by atoms with Gasteiger partial charge in [-0.15, -0.1) is 0 Å². The lowest BCUT2D eigenvalue weighted by Gasteiger charge is -2.28. The molecule has 0 bridgehead atoms. The monoisotopic (exact) mass is 703 g/mol. The number of hydrogen-bond donors (Lipinski definition) is 2. The highest BCUT2D eigenvalue weighted by Gasteiger charge is 2.09. The summed E-state index contributed by atoms with van der Waals surface area (Å²) in [6.07, 6.45) is 53.4. The molecule has 0 saturated heterocycles. The summed E-state index contributed by atoms with van der Waals surface area (Å²) < 4.78 is 0. The SMILES string of the molecule is CCCCCCCCC/C=C/CCCCCCCCN(CCCN)CCN(CCCN)CCCCCCCC/C=C/CCCCCCCCC. The van der Waals surface area contributed by atoms with Gasteiger partial charge in [0.1, 0.15) is 0 Å². The van der Waals surface area contributed by atoms with Crippen LogP contribution in [0.3, 0.4) is 0 Å². The van der Waals surface area contributed by atoms with Crippen molar-refractivity contribution in [3.8, 4) is 0 Å². The van der Waals surface area contributed by atoms with E-state index in [0.717, 1.165) is 39.0 Å². The molecule has 0 aliphatic carbocycles. The maximum absolute atomic E-state index is 5.91. The van der Waals surface area contributed by atoms with Crippen LogP contribution in [-0.2, 0) is 0 Å². The Morgan fingerprint density at radius 1 is 0.280 bits per heavy atom.